The largest absolute Gasteiger partial charge is 0.463 e. The van der Waals surface area contributed by atoms with E-state index in [0.29, 0.717) is 29.8 Å². The van der Waals surface area contributed by atoms with Crippen LogP contribution in [0.2, 0.25) is 0 Å². The smallest absolute Gasteiger partial charge is 0.336 e. The van der Waals surface area contributed by atoms with Crippen LogP contribution >= 0.6 is 0 Å². The molecule has 0 radical (unpaired) electrons. The maximum atomic E-state index is 13.3. The van der Waals surface area contributed by atoms with Crippen LogP contribution in [-0.2, 0) is 25.7 Å². The molecule has 1 aliphatic carbocycles. The number of H-pyrrole nitrogens is 1. The third-order valence-corrected chi connectivity index (χ3v) is 5.74. The van der Waals surface area contributed by atoms with Crippen LogP contribution in [0.3, 0.4) is 0 Å². The van der Waals surface area contributed by atoms with Gasteiger partial charge in [-0.3, -0.25) is 14.8 Å². The number of ether oxygens (including phenoxy) is 2. The number of carbonyl (C=O) groups is 2. The zero-order chi connectivity index (χ0) is 22.7. The molecule has 0 spiro atoms. The Morgan fingerprint density at radius 2 is 2.06 bits per heavy atom. The number of hydrogen-bond acceptors (Lipinski definition) is 8. The topological polar surface area (TPSA) is 119 Å². The fourth-order valence-corrected chi connectivity index (χ4v) is 4.53. The number of ketones is 1. The maximum Gasteiger partial charge on any atom is 0.336 e. The van der Waals surface area contributed by atoms with Gasteiger partial charge in [-0.15, -0.1) is 0 Å². The number of rotatable bonds is 7. The van der Waals surface area contributed by atoms with Crippen molar-refractivity contribution in [2.24, 2.45) is 16.3 Å². The van der Waals surface area contributed by atoms with Crippen molar-refractivity contribution in [1.82, 2.24) is 20.4 Å². The Morgan fingerprint density at radius 3 is 2.75 bits per heavy atom. The van der Waals surface area contributed by atoms with Gasteiger partial charge in [0, 0.05) is 30.4 Å². The van der Waals surface area contributed by atoms with Crippen molar-refractivity contribution in [3.63, 3.8) is 0 Å². The average Bonchev–Trinajstić information content (AvgIpc) is 3.26. The van der Waals surface area contributed by atoms with Gasteiger partial charge in [0.05, 0.1) is 43.2 Å². The van der Waals surface area contributed by atoms with E-state index in [-0.39, 0.29) is 31.0 Å². The van der Waals surface area contributed by atoms with Gasteiger partial charge in [-0.2, -0.15) is 15.4 Å². The van der Waals surface area contributed by atoms with E-state index in [1.54, 1.807) is 25.5 Å². The molecule has 2 atom stereocenters. The van der Waals surface area contributed by atoms with Crippen LogP contribution in [-0.4, -0.2) is 51.1 Å². The summed E-state index contributed by atoms with van der Waals surface area (Å²) in [5, 5.41) is 10.3. The first-order valence-electron chi connectivity index (χ1n) is 10.7. The van der Waals surface area contributed by atoms with Crippen molar-refractivity contribution in [3.8, 4) is 0 Å². The van der Waals surface area contributed by atoms with Gasteiger partial charge in [0.2, 0.25) is 0 Å². The number of aromatic amines is 1. The Labute approximate surface area is 186 Å². The standard InChI is InChI=1S/C23H27N5O4/c1-4-32-22(30)21-17(13-31-12-15-11-25-28-27-15)26-16-8-23(2,3)9-18(29)20(16)19(21)14-6-5-7-24-10-14/h5-7,10-11,19-20H,4,8-9,12-13H2,1-3H3,(H,25,27,28). The molecular weight excluding hydrogens is 410 g/mol. The molecular formula is C23H27N5O4. The van der Waals surface area contributed by atoms with Gasteiger partial charge in [0.25, 0.3) is 0 Å². The second kappa shape index (κ2) is 9.12. The van der Waals surface area contributed by atoms with Crippen LogP contribution in [0.1, 0.15) is 50.8 Å². The highest BCUT2D eigenvalue weighted by Gasteiger charge is 2.48. The van der Waals surface area contributed by atoms with E-state index in [9.17, 15) is 9.59 Å². The second-order valence-corrected chi connectivity index (χ2v) is 8.86. The molecule has 1 saturated carbocycles. The van der Waals surface area contributed by atoms with Gasteiger partial charge in [-0.25, -0.2) is 4.79 Å². The fourth-order valence-electron chi connectivity index (χ4n) is 4.53. The van der Waals surface area contributed by atoms with Crippen molar-refractivity contribution in [1.29, 1.82) is 0 Å². The fraction of sp³-hybridized carbons (Fsp3) is 0.478. The Hall–Kier alpha value is -3.20. The number of pyridine rings is 1. The minimum absolute atomic E-state index is 0.0817. The predicted molar refractivity (Wildman–Crippen MR) is 116 cm³/mol. The number of carbonyl (C=O) groups excluding carboxylic acids is 2. The van der Waals surface area contributed by atoms with Crippen LogP contribution in [0.5, 0.6) is 0 Å². The third kappa shape index (κ3) is 4.52. The molecule has 1 N–H and O–H groups in total. The Bertz CT molecular complexity index is 1040. The van der Waals surface area contributed by atoms with E-state index in [4.69, 9.17) is 14.5 Å². The summed E-state index contributed by atoms with van der Waals surface area (Å²) in [6.45, 7) is 6.40. The number of esters is 1. The predicted octanol–water partition coefficient (Wildman–Crippen LogP) is 2.78. The lowest BCUT2D eigenvalue weighted by molar-refractivity contribution is -0.139. The normalized spacial score (nSPS) is 22.3. The summed E-state index contributed by atoms with van der Waals surface area (Å²) in [6, 6.07) is 3.70. The number of hydrogen-bond donors (Lipinski definition) is 1. The lowest BCUT2D eigenvalue weighted by Gasteiger charge is -2.41. The van der Waals surface area contributed by atoms with Gasteiger partial charge < -0.3 is 9.47 Å². The maximum absolute atomic E-state index is 13.3. The van der Waals surface area contributed by atoms with Gasteiger partial charge in [-0.1, -0.05) is 19.9 Å². The molecule has 0 aromatic carbocycles. The summed E-state index contributed by atoms with van der Waals surface area (Å²) < 4.78 is 11.2. The highest BCUT2D eigenvalue weighted by molar-refractivity contribution is 6.12. The molecule has 0 bridgehead atoms. The quantitative estimate of drug-likeness (QED) is 0.661. The summed E-state index contributed by atoms with van der Waals surface area (Å²) in [6.07, 6.45) is 6.05. The molecule has 2 aliphatic rings. The molecule has 2 unspecified atom stereocenters. The minimum atomic E-state index is -0.510. The number of fused-ring (bicyclic) bond motifs is 1. The summed E-state index contributed by atoms with van der Waals surface area (Å²) in [5.41, 5.74) is 2.87. The molecule has 9 heteroatoms. The lowest BCUT2D eigenvalue weighted by Crippen LogP contribution is -2.44. The first-order valence-corrected chi connectivity index (χ1v) is 10.7. The van der Waals surface area contributed by atoms with Crippen molar-refractivity contribution in [2.75, 3.05) is 13.2 Å². The second-order valence-electron chi connectivity index (χ2n) is 8.86. The molecule has 2 aromatic heterocycles. The third-order valence-electron chi connectivity index (χ3n) is 5.74. The lowest BCUT2D eigenvalue weighted by atomic mass is 9.63. The molecule has 168 valence electrons. The molecule has 0 saturated heterocycles. The molecule has 1 aliphatic heterocycles. The zero-order valence-corrected chi connectivity index (χ0v) is 18.5. The molecule has 2 aromatic rings. The van der Waals surface area contributed by atoms with E-state index >= 15 is 0 Å². The monoisotopic (exact) mass is 437 g/mol. The number of nitrogens with one attached hydrogen (secondary N) is 1. The van der Waals surface area contributed by atoms with Crippen LogP contribution in [0.25, 0.3) is 0 Å². The first kappa shape index (κ1) is 22.0. The van der Waals surface area contributed by atoms with Crippen LogP contribution in [0, 0.1) is 11.3 Å². The summed E-state index contributed by atoms with van der Waals surface area (Å²) in [7, 11) is 0. The molecule has 32 heavy (non-hydrogen) atoms. The van der Waals surface area contributed by atoms with Crippen molar-refractivity contribution >= 4 is 17.5 Å². The first-order chi connectivity index (χ1) is 15.4. The highest BCUT2D eigenvalue weighted by Crippen LogP contribution is 2.46. The van der Waals surface area contributed by atoms with E-state index in [1.165, 1.54) is 0 Å². The summed E-state index contributed by atoms with van der Waals surface area (Å²) in [4.78, 5) is 35.5. The molecule has 1 fully saturated rings. The highest BCUT2D eigenvalue weighted by atomic mass is 16.5. The van der Waals surface area contributed by atoms with Gasteiger partial charge >= 0.3 is 5.97 Å². The van der Waals surface area contributed by atoms with E-state index in [2.05, 4.69) is 34.2 Å². The Balaban J connectivity index is 1.78. The van der Waals surface area contributed by atoms with Crippen molar-refractivity contribution in [3.05, 3.63) is 53.3 Å². The van der Waals surface area contributed by atoms with Crippen molar-refractivity contribution in [2.45, 2.75) is 46.1 Å². The van der Waals surface area contributed by atoms with Gasteiger partial charge in [0.15, 0.2) is 0 Å². The Kier molecular flexibility index (Phi) is 6.27. The van der Waals surface area contributed by atoms with Crippen LogP contribution in [0.15, 0.2) is 47.0 Å². The number of nitrogens with zero attached hydrogens (tertiary/aromatic N) is 4. The van der Waals surface area contributed by atoms with E-state index < -0.39 is 17.8 Å². The zero-order valence-electron chi connectivity index (χ0n) is 18.5. The molecule has 4 rings (SSSR count). The van der Waals surface area contributed by atoms with Gasteiger partial charge in [-0.05, 0) is 30.4 Å². The van der Waals surface area contributed by atoms with E-state index in [1.807, 2.05) is 12.1 Å². The molecule has 0 amide bonds. The van der Waals surface area contributed by atoms with Crippen LogP contribution < -0.4 is 0 Å². The van der Waals surface area contributed by atoms with Crippen molar-refractivity contribution < 1.29 is 19.1 Å². The average molecular weight is 438 g/mol. The SMILES string of the molecule is CCOC(=O)C1=C(COCc2cn[nH]n2)N=C2CC(C)(C)CC(=O)C2C1c1cccnc1. The minimum Gasteiger partial charge on any atom is -0.463 e. The van der Waals surface area contributed by atoms with E-state index in [0.717, 1.165) is 11.3 Å². The number of aliphatic imine (C=N–C) groups is 1. The number of aromatic nitrogens is 4. The molecule has 9 nitrogen and oxygen atoms in total. The van der Waals surface area contributed by atoms with Gasteiger partial charge in [0.1, 0.15) is 11.5 Å². The summed E-state index contributed by atoms with van der Waals surface area (Å²) in [5.74, 6) is -1.42. The molecule has 3 heterocycles. The Morgan fingerprint density at radius 1 is 1.22 bits per heavy atom. The van der Waals surface area contributed by atoms with Crippen LogP contribution in [0.4, 0.5) is 0 Å². The summed E-state index contributed by atoms with van der Waals surface area (Å²) >= 11 is 0. The number of Topliss-reactive ketones (excluding diaryl/α,β-unsaturated/α-hetero) is 1.